The van der Waals surface area contributed by atoms with Crippen LogP contribution < -0.4 is 0 Å². The largest absolute Gasteiger partial charge is 0.256 e. The second-order valence-corrected chi connectivity index (χ2v) is 17.3. The van der Waals surface area contributed by atoms with Crippen LogP contribution in [0.15, 0.2) is 219 Å². The second-order valence-electron chi connectivity index (χ2n) is 17.3. The number of pyridine rings is 3. The number of hydrogen-bond acceptors (Lipinski definition) is 4. The van der Waals surface area contributed by atoms with Crippen LogP contribution in [0.25, 0.3) is 78.3 Å². The molecule has 0 unspecified atom stereocenters. The Morgan fingerprint density at radius 3 is 1.46 bits per heavy atom. The van der Waals surface area contributed by atoms with E-state index in [1.807, 2.05) is 80.1 Å². The van der Waals surface area contributed by atoms with Gasteiger partial charge in [-0.05, 0) is 154 Å². The lowest BCUT2D eigenvalue weighted by Gasteiger charge is -2.18. The summed E-state index contributed by atoms with van der Waals surface area (Å²) in [4.78, 5) is 13.9. The Balaban J connectivity index is 1.03. The first-order valence-corrected chi connectivity index (χ1v) is 23.0. The first-order valence-electron chi connectivity index (χ1n) is 23.0. The van der Waals surface area contributed by atoms with Crippen molar-refractivity contribution in [1.29, 1.82) is 5.26 Å². The zero-order valence-electron chi connectivity index (χ0n) is 37.8. The summed E-state index contributed by atoms with van der Waals surface area (Å²) < 4.78 is 16.3. The Morgan fingerprint density at radius 2 is 0.897 bits per heavy atom. The van der Waals surface area contributed by atoms with E-state index >= 15 is 4.39 Å². The maximum Gasteiger partial charge on any atom is 0.131 e. The van der Waals surface area contributed by atoms with E-state index in [2.05, 4.69) is 131 Å². The van der Waals surface area contributed by atoms with Gasteiger partial charge in [0, 0.05) is 40.8 Å². The van der Waals surface area contributed by atoms with Gasteiger partial charge in [0.1, 0.15) is 5.82 Å². The van der Waals surface area contributed by atoms with Crippen LogP contribution in [-0.4, -0.2) is 15.0 Å². The van der Waals surface area contributed by atoms with Gasteiger partial charge in [-0.3, -0.25) is 15.0 Å². The Bertz CT molecular complexity index is 3270. The van der Waals surface area contributed by atoms with E-state index in [1.54, 1.807) is 30.3 Å². The number of aryl methyl sites for hydroxylation is 5. The van der Waals surface area contributed by atoms with Gasteiger partial charge in [0.15, 0.2) is 0 Å². The molecule has 0 amide bonds. The highest BCUT2D eigenvalue weighted by Crippen LogP contribution is 2.42. The highest BCUT2D eigenvalue weighted by atomic mass is 19.1. The summed E-state index contributed by atoms with van der Waals surface area (Å²) in [6, 6.07) is 70.4. The van der Waals surface area contributed by atoms with Gasteiger partial charge in [0.2, 0.25) is 0 Å². The maximum atomic E-state index is 16.3. The fraction of sp³-hybridized carbons (Fsp3) is 0.0794. The van der Waals surface area contributed by atoms with Crippen molar-refractivity contribution in [3.05, 3.63) is 258 Å². The van der Waals surface area contributed by atoms with Gasteiger partial charge in [0.25, 0.3) is 0 Å². The lowest BCUT2D eigenvalue weighted by atomic mass is 9.86. The molecule has 0 aliphatic carbocycles. The fourth-order valence-electron chi connectivity index (χ4n) is 8.96. The smallest absolute Gasteiger partial charge is 0.131 e. The summed E-state index contributed by atoms with van der Waals surface area (Å²) in [7, 11) is 0. The van der Waals surface area contributed by atoms with Crippen LogP contribution in [0.4, 0.5) is 4.39 Å². The SMILES string of the molecule is Cc1ccc(-c2ccc(-c3ccccc3-c3cc(CCc4ccc(-c5ccccn5)cc4)cc(CCc4ccc(-c5ccccn5)cc4)c3)c(-c3ccc(-c4ccc(C#N)cc4)c(F)c3)c2)nc1. The number of halogens is 1. The van der Waals surface area contributed by atoms with Crippen molar-refractivity contribution in [1.82, 2.24) is 15.0 Å². The average molecular weight is 879 g/mol. The number of hydrogen-bond donors (Lipinski definition) is 0. The van der Waals surface area contributed by atoms with Crippen LogP contribution in [0.5, 0.6) is 0 Å². The number of rotatable bonds is 13. The molecule has 0 saturated heterocycles. The van der Waals surface area contributed by atoms with Gasteiger partial charge >= 0.3 is 0 Å². The Kier molecular flexibility index (Phi) is 12.7. The summed E-state index contributed by atoms with van der Waals surface area (Å²) in [6.45, 7) is 2.03. The van der Waals surface area contributed by atoms with E-state index in [0.29, 0.717) is 11.1 Å². The van der Waals surface area contributed by atoms with Crippen LogP contribution in [0.3, 0.4) is 0 Å². The quantitative estimate of drug-likeness (QED) is 0.116. The second kappa shape index (κ2) is 19.9. The molecule has 7 aromatic carbocycles. The van der Waals surface area contributed by atoms with Crippen molar-refractivity contribution in [2.75, 3.05) is 0 Å². The van der Waals surface area contributed by atoms with E-state index in [4.69, 9.17) is 4.98 Å². The Hall–Kier alpha value is -8.59. The third-order valence-corrected chi connectivity index (χ3v) is 12.6. The summed E-state index contributed by atoms with van der Waals surface area (Å²) in [5.74, 6) is -0.333. The molecule has 10 aromatic rings. The van der Waals surface area contributed by atoms with Gasteiger partial charge in [-0.2, -0.15) is 5.26 Å². The first-order chi connectivity index (χ1) is 33.4. The number of nitrogens with zero attached hydrogens (tertiary/aromatic N) is 4. The molecular formula is C63H47FN4. The van der Waals surface area contributed by atoms with Crippen LogP contribution >= 0.6 is 0 Å². The lowest BCUT2D eigenvalue weighted by molar-refractivity contribution is 0.632. The molecular weight excluding hydrogens is 832 g/mol. The number of nitriles is 1. The Morgan fingerprint density at radius 1 is 0.382 bits per heavy atom. The predicted molar refractivity (Wildman–Crippen MR) is 275 cm³/mol. The molecule has 0 radical (unpaired) electrons. The molecule has 0 N–H and O–H groups in total. The molecule has 0 spiro atoms. The zero-order chi connectivity index (χ0) is 46.2. The molecule has 3 aromatic heterocycles. The molecule has 326 valence electrons. The van der Waals surface area contributed by atoms with Crippen LogP contribution in [0.1, 0.15) is 33.4 Å². The predicted octanol–water partition coefficient (Wildman–Crippen LogP) is 15.4. The van der Waals surface area contributed by atoms with Gasteiger partial charge < -0.3 is 0 Å². The lowest BCUT2D eigenvalue weighted by Crippen LogP contribution is -1.98. The van der Waals surface area contributed by atoms with Crippen molar-refractivity contribution in [3.63, 3.8) is 0 Å². The molecule has 0 bridgehead atoms. The van der Waals surface area contributed by atoms with E-state index in [9.17, 15) is 5.26 Å². The van der Waals surface area contributed by atoms with Crippen LogP contribution in [-0.2, 0) is 25.7 Å². The molecule has 0 atom stereocenters. The number of benzene rings is 7. The summed E-state index contributed by atoms with van der Waals surface area (Å²) in [5, 5.41) is 9.35. The van der Waals surface area contributed by atoms with Crippen molar-refractivity contribution >= 4 is 0 Å². The standard InChI is InChI=1S/C63H47FN4/c1-43-12-33-63(68-42-43)53-30-32-58(59(39-53)52-29-31-56(60(64)40-52)49-23-21-46(41-65)22-24-49)57-9-3-2-8-55(57)54-37-47(15-13-44-17-25-50(26-18-44)61-10-4-6-34-66-61)36-48(38-54)16-14-45-19-27-51(28-20-45)62-11-5-7-35-67-62/h2-12,17-40,42H,13-16H2,1H3. The molecule has 5 heteroatoms. The molecule has 0 aliphatic rings. The number of aromatic nitrogens is 3. The molecule has 0 fully saturated rings. The zero-order valence-corrected chi connectivity index (χ0v) is 37.8. The van der Waals surface area contributed by atoms with Crippen molar-refractivity contribution in [3.8, 4) is 84.3 Å². The minimum atomic E-state index is -0.333. The fourth-order valence-corrected chi connectivity index (χ4v) is 8.96. The molecule has 0 aliphatic heterocycles. The normalized spacial score (nSPS) is 11.0. The minimum absolute atomic E-state index is 0.333. The summed E-state index contributed by atoms with van der Waals surface area (Å²) >= 11 is 0. The van der Waals surface area contributed by atoms with E-state index < -0.39 is 0 Å². The average Bonchev–Trinajstić information content (AvgIpc) is 3.40. The van der Waals surface area contributed by atoms with Crippen molar-refractivity contribution in [2.24, 2.45) is 0 Å². The summed E-state index contributed by atoms with van der Waals surface area (Å²) in [5.41, 5.74) is 19.8. The topological polar surface area (TPSA) is 62.5 Å². The van der Waals surface area contributed by atoms with Crippen LogP contribution in [0.2, 0.25) is 0 Å². The van der Waals surface area contributed by atoms with Gasteiger partial charge in [-0.15, -0.1) is 0 Å². The maximum absolute atomic E-state index is 16.3. The van der Waals surface area contributed by atoms with Crippen molar-refractivity contribution < 1.29 is 4.39 Å². The monoisotopic (exact) mass is 878 g/mol. The third-order valence-electron chi connectivity index (χ3n) is 12.6. The van der Waals surface area contributed by atoms with E-state index in [1.165, 1.54) is 22.3 Å². The van der Waals surface area contributed by atoms with E-state index in [-0.39, 0.29) is 5.82 Å². The van der Waals surface area contributed by atoms with Crippen LogP contribution in [0, 0.1) is 24.1 Å². The van der Waals surface area contributed by atoms with Gasteiger partial charge in [0.05, 0.1) is 28.7 Å². The van der Waals surface area contributed by atoms with Crippen molar-refractivity contribution in [2.45, 2.75) is 32.6 Å². The molecule has 4 nitrogen and oxygen atoms in total. The molecule has 10 rings (SSSR count). The summed E-state index contributed by atoms with van der Waals surface area (Å²) in [6.07, 6.45) is 9.08. The van der Waals surface area contributed by atoms with E-state index in [0.717, 1.165) is 104 Å². The van der Waals surface area contributed by atoms with Gasteiger partial charge in [-0.1, -0.05) is 146 Å². The molecule has 3 heterocycles. The highest BCUT2D eigenvalue weighted by molar-refractivity contribution is 5.94. The molecule has 0 saturated carbocycles. The first kappa shape index (κ1) is 43.3. The highest BCUT2D eigenvalue weighted by Gasteiger charge is 2.18. The Labute approximate surface area is 397 Å². The van der Waals surface area contributed by atoms with Gasteiger partial charge in [-0.25, -0.2) is 4.39 Å². The third kappa shape index (κ3) is 9.82. The minimum Gasteiger partial charge on any atom is -0.256 e. The molecule has 68 heavy (non-hydrogen) atoms.